The summed E-state index contributed by atoms with van der Waals surface area (Å²) in [4.78, 5) is 9.97. The van der Waals surface area contributed by atoms with E-state index in [1.54, 1.807) is 0 Å². The lowest BCUT2D eigenvalue weighted by molar-refractivity contribution is -0.00919. The highest BCUT2D eigenvalue weighted by molar-refractivity contribution is 5.53. The predicted octanol–water partition coefficient (Wildman–Crippen LogP) is 0.245. The summed E-state index contributed by atoms with van der Waals surface area (Å²) < 4.78 is 0. The molecule has 0 aromatic carbocycles. The van der Waals surface area contributed by atoms with E-state index in [9.17, 15) is 4.79 Å². The number of hydrogen-bond acceptors (Lipinski definition) is 3. The van der Waals surface area contributed by atoms with Crippen LogP contribution >= 0.6 is 0 Å². The minimum atomic E-state index is -1.62. The first kappa shape index (κ1) is 9.37. The number of rotatable bonds is 4. The van der Waals surface area contributed by atoms with Crippen LogP contribution in [-0.4, -0.2) is 22.4 Å². The van der Waals surface area contributed by atoms with E-state index in [0.29, 0.717) is 6.42 Å². The third kappa shape index (κ3) is 3.41. The van der Waals surface area contributed by atoms with E-state index in [-0.39, 0.29) is 5.57 Å². The summed E-state index contributed by atoms with van der Waals surface area (Å²) in [7, 11) is 0. The van der Waals surface area contributed by atoms with Crippen molar-refractivity contribution < 1.29 is 15.0 Å². The van der Waals surface area contributed by atoms with Crippen LogP contribution in [0.5, 0.6) is 0 Å². The normalized spacial score (nSPS) is 9.60. The minimum Gasteiger partial charge on any atom is -0.364 e. The summed E-state index contributed by atoms with van der Waals surface area (Å²) in [6.45, 7) is 1.96. The second-order valence-corrected chi connectivity index (χ2v) is 2.10. The van der Waals surface area contributed by atoms with Crippen molar-refractivity contribution >= 4 is 5.94 Å². The zero-order chi connectivity index (χ0) is 7.98. The van der Waals surface area contributed by atoms with Crippen LogP contribution in [0.15, 0.2) is 5.57 Å². The molecule has 2 N–H and O–H groups in total. The molecule has 0 unspecified atom stereocenters. The molecule has 0 atom stereocenters. The summed E-state index contributed by atoms with van der Waals surface area (Å²) in [5.74, 6) is 1.50. The Morgan fingerprint density at radius 1 is 1.60 bits per heavy atom. The summed E-state index contributed by atoms with van der Waals surface area (Å²) in [6.07, 6.45) is 0.529. The zero-order valence-corrected chi connectivity index (χ0v) is 6.00. The molecule has 3 nitrogen and oxygen atoms in total. The number of carbonyl (C=O) groups excluding carboxylic acids is 1. The van der Waals surface area contributed by atoms with Gasteiger partial charge in [-0.2, -0.15) is 0 Å². The molecule has 0 aromatic rings. The fourth-order valence-corrected chi connectivity index (χ4v) is 0.600. The molecule has 0 rings (SSSR count). The van der Waals surface area contributed by atoms with Crippen molar-refractivity contribution in [3.8, 4) is 0 Å². The standard InChI is InChI=1S/C7H12O3/c1-2-3-4-6(5-8)7(9)10/h7,9-10H,2-4H2,1H3. The van der Waals surface area contributed by atoms with Gasteiger partial charge in [-0.3, -0.25) is 0 Å². The maximum Gasteiger partial charge on any atom is 0.185 e. The van der Waals surface area contributed by atoms with Gasteiger partial charge in [-0.1, -0.05) is 13.3 Å². The second kappa shape index (κ2) is 5.18. The fourth-order valence-electron chi connectivity index (χ4n) is 0.600. The van der Waals surface area contributed by atoms with Crippen LogP contribution in [-0.2, 0) is 4.79 Å². The van der Waals surface area contributed by atoms with Gasteiger partial charge in [-0.05, 0) is 12.8 Å². The van der Waals surface area contributed by atoms with Crippen LogP contribution < -0.4 is 0 Å². The van der Waals surface area contributed by atoms with Gasteiger partial charge in [-0.15, -0.1) is 0 Å². The van der Waals surface area contributed by atoms with Crippen LogP contribution in [0, 0.1) is 0 Å². The molecular formula is C7H12O3. The molecule has 0 aliphatic heterocycles. The van der Waals surface area contributed by atoms with Crippen molar-refractivity contribution in [3.05, 3.63) is 5.57 Å². The molecule has 0 spiro atoms. The Bertz CT molecular complexity index is 134. The number of aliphatic hydroxyl groups excluding tert-OH is 1. The van der Waals surface area contributed by atoms with Crippen molar-refractivity contribution in [3.63, 3.8) is 0 Å². The van der Waals surface area contributed by atoms with Gasteiger partial charge in [0.25, 0.3) is 0 Å². The number of unbranched alkanes of at least 4 members (excludes halogenated alkanes) is 1. The highest BCUT2D eigenvalue weighted by atomic mass is 16.5. The third-order valence-corrected chi connectivity index (χ3v) is 1.24. The maximum atomic E-state index is 9.97. The Balaban J connectivity index is 3.75. The lowest BCUT2D eigenvalue weighted by atomic mass is 10.1. The molecule has 0 amide bonds. The SMILES string of the molecule is CCCCC(=C=O)C(O)O. The lowest BCUT2D eigenvalue weighted by Crippen LogP contribution is -2.08. The van der Waals surface area contributed by atoms with Gasteiger partial charge in [0.15, 0.2) is 6.29 Å². The Labute approximate surface area is 60.0 Å². The largest absolute Gasteiger partial charge is 0.364 e. The van der Waals surface area contributed by atoms with E-state index in [2.05, 4.69) is 0 Å². The topological polar surface area (TPSA) is 57.5 Å². The molecule has 0 bridgehead atoms. The van der Waals surface area contributed by atoms with Crippen LogP contribution in [0.2, 0.25) is 0 Å². The third-order valence-electron chi connectivity index (χ3n) is 1.24. The Morgan fingerprint density at radius 2 is 2.20 bits per heavy atom. The van der Waals surface area contributed by atoms with Crippen molar-refractivity contribution in [2.24, 2.45) is 0 Å². The Kier molecular flexibility index (Phi) is 4.85. The van der Waals surface area contributed by atoms with Gasteiger partial charge in [0, 0.05) is 0 Å². The second-order valence-electron chi connectivity index (χ2n) is 2.10. The van der Waals surface area contributed by atoms with Crippen molar-refractivity contribution in [1.29, 1.82) is 0 Å². The van der Waals surface area contributed by atoms with Crippen LogP contribution in [0.1, 0.15) is 26.2 Å². The first-order valence-electron chi connectivity index (χ1n) is 3.32. The molecule has 0 aliphatic carbocycles. The van der Waals surface area contributed by atoms with E-state index in [4.69, 9.17) is 10.2 Å². The van der Waals surface area contributed by atoms with E-state index in [1.165, 1.54) is 5.94 Å². The molecule has 0 saturated carbocycles. The van der Waals surface area contributed by atoms with Gasteiger partial charge in [0.05, 0.1) is 5.57 Å². The van der Waals surface area contributed by atoms with Crippen molar-refractivity contribution in [2.45, 2.75) is 32.5 Å². The highest BCUT2D eigenvalue weighted by Crippen LogP contribution is 2.06. The monoisotopic (exact) mass is 144 g/mol. The first-order chi connectivity index (χ1) is 4.72. The van der Waals surface area contributed by atoms with Crippen LogP contribution in [0.4, 0.5) is 0 Å². The molecule has 0 fully saturated rings. The van der Waals surface area contributed by atoms with E-state index in [1.807, 2.05) is 6.92 Å². The number of hydrogen-bond donors (Lipinski definition) is 2. The molecule has 0 aliphatic rings. The van der Waals surface area contributed by atoms with Gasteiger partial charge in [-0.25, -0.2) is 4.79 Å². The molecule has 0 radical (unpaired) electrons. The lowest BCUT2D eigenvalue weighted by Gasteiger charge is -2.02. The maximum absolute atomic E-state index is 9.97. The van der Waals surface area contributed by atoms with Crippen molar-refractivity contribution in [2.75, 3.05) is 0 Å². The van der Waals surface area contributed by atoms with Gasteiger partial charge in [0.1, 0.15) is 5.94 Å². The molecule has 3 heteroatoms. The smallest absolute Gasteiger partial charge is 0.185 e. The van der Waals surface area contributed by atoms with Crippen molar-refractivity contribution in [1.82, 2.24) is 0 Å². The molecule has 0 aromatic heterocycles. The fraction of sp³-hybridized carbons (Fsp3) is 0.714. The Morgan fingerprint density at radius 3 is 2.50 bits per heavy atom. The predicted molar refractivity (Wildman–Crippen MR) is 37.0 cm³/mol. The minimum absolute atomic E-state index is 0.0434. The van der Waals surface area contributed by atoms with E-state index < -0.39 is 6.29 Å². The molecule has 10 heavy (non-hydrogen) atoms. The molecule has 58 valence electrons. The Hall–Kier alpha value is -0.630. The molecular weight excluding hydrogens is 132 g/mol. The average Bonchev–Trinajstić information content (AvgIpc) is 1.89. The molecule has 0 heterocycles. The van der Waals surface area contributed by atoms with Gasteiger partial charge < -0.3 is 10.2 Å². The average molecular weight is 144 g/mol. The van der Waals surface area contributed by atoms with E-state index in [0.717, 1.165) is 12.8 Å². The van der Waals surface area contributed by atoms with E-state index >= 15 is 0 Å². The highest BCUT2D eigenvalue weighted by Gasteiger charge is 2.05. The van der Waals surface area contributed by atoms with Gasteiger partial charge in [0.2, 0.25) is 0 Å². The number of aliphatic hydroxyl groups is 2. The zero-order valence-electron chi connectivity index (χ0n) is 6.00. The quantitative estimate of drug-likeness (QED) is 0.439. The van der Waals surface area contributed by atoms with Crippen LogP contribution in [0.25, 0.3) is 0 Å². The summed E-state index contributed by atoms with van der Waals surface area (Å²) >= 11 is 0. The molecule has 0 saturated heterocycles. The summed E-state index contributed by atoms with van der Waals surface area (Å²) in [6, 6.07) is 0. The summed E-state index contributed by atoms with van der Waals surface area (Å²) in [5, 5.41) is 17.0. The first-order valence-corrected chi connectivity index (χ1v) is 3.32. The summed E-state index contributed by atoms with van der Waals surface area (Å²) in [5.41, 5.74) is 0.0434. The van der Waals surface area contributed by atoms with Gasteiger partial charge >= 0.3 is 0 Å². The van der Waals surface area contributed by atoms with Crippen LogP contribution in [0.3, 0.4) is 0 Å².